The zero-order valence-electron chi connectivity index (χ0n) is 10.4. The summed E-state index contributed by atoms with van der Waals surface area (Å²) in [7, 11) is 3.45. The minimum Gasteiger partial charge on any atom is -0.383 e. The predicted molar refractivity (Wildman–Crippen MR) is 64.5 cm³/mol. The van der Waals surface area contributed by atoms with Gasteiger partial charge in [-0.25, -0.2) is 0 Å². The average molecular weight is 226 g/mol. The molecule has 1 aromatic rings. The van der Waals surface area contributed by atoms with E-state index in [1.54, 1.807) is 14.2 Å². The standard InChI is InChI=1S/C12H22N2O2/c1-11(16-3)9-14-6-4-12(10-14)8-13-5-7-15-2/h4,6,10-11,13H,5,7-9H2,1-3H3. The van der Waals surface area contributed by atoms with Crippen molar-refractivity contribution in [1.29, 1.82) is 0 Å². The summed E-state index contributed by atoms with van der Waals surface area (Å²) in [6.45, 7) is 5.49. The van der Waals surface area contributed by atoms with Crippen LogP contribution in [0.5, 0.6) is 0 Å². The first-order valence-electron chi connectivity index (χ1n) is 5.63. The van der Waals surface area contributed by atoms with Crippen LogP contribution in [0, 0.1) is 0 Å². The number of rotatable bonds is 8. The highest BCUT2D eigenvalue weighted by Crippen LogP contribution is 2.03. The molecule has 0 aromatic carbocycles. The lowest BCUT2D eigenvalue weighted by Crippen LogP contribution is -2.18. The highest BCUT2D eigenvalue weighted by Gasteiger charge is 2.01. The Morgan fingerprint density at radius 1 is 1.44 bits per heavy atom. The number of nitrogens with one attached hydrogen (secondary N) is 1. The Balaban J connectivity index is 2.28. The topological polar surface area (TPSA) is 35.4 Å². The maximum absolute atomic E-state index is 5.22. The predicted octanol–water partition coefficient (Wildman–Crippen LogP) is 1.26. The SMILES string of the molecule is COCCNCc1ccn(CC(C)OC)c1. The zero-order valence-corrected chi connectivity index (χ0v) is 10.4. The van der Waals surface area contributed by atoms with E-state index in [0.29, 0.717) is 0 Å². The first-order valence-corrected chi connectivity index (χ1v) is 5.63. The number of ether oxygens (including phenoxy) is 2. The van der Waals surface area contributed by atoms with Gasteiger partial charge in [0.2, 0.25) is 0 Å². The highest BCUT2D eigenvalue weighted by molar-refractivity contribution is 5.09. The molecule has 1 unspecified atom stereocenters. The van der Waals surface area contributed by atoms with Gasteiger partial charge in [0.25, 0.3) is 0 Å². The van der Waals surface area contributed by atoms with E-state index in [9.17, 15) is 0 Å². The largest absolute Gasteiger partial charge is 0.383 e. The molecule has 4 nitrogen and oxygen atoms in total. The van der Waals surface area contributed by atoms with Crippen LogP contribution in [0.2, 0.25) is 0 Å². The molecular weight excluding hydrogens is 204 g/mol. The molecule has 1 N–H and O–H groups in total. The van der Waals surface area contributed by atoms with Gasteiger partial charge in [0.1, 0.15) is 0 Å². The van der Waals surface area contributed by atoms with Crippen molar-refractivity contribution < 1.29 is 9.47 Å². The summed E-state index contributed by atoms with van der Waals surface area (Å²) in [5.74, 6) is 0. The Morgan fingerprint density at radius 2 is 2.25 bits per heavy atom. The smallest absolute Gasteiger partial charge is 0.0721 e. The molecule has 0 saturated carbocycles. The first kappa shape index (κ1) is 13.2. The molecule has 0 amide bonds. The Kier molecular flexibility index (Phi) is 6.15. The van der Waals surface area contributed by atoms with E-state index in [2.05, 4.69) is 35.3 Å². The molecule has 0 saturated heterocycles. The second kappa shape index (κ2) is 7.44. The third-order valence-corrected chi connectivity index (χ3v) is 2.49. The van der Waals surface area contributed by atoms with Gasteiger partial charge in [-0.2, -0.15) is 0 Å². The van der Waals surface area contributed by atoms with Gasteiger partial charge in [-0.3, -0.25) is 0 Å². The van der Waals surface area contributed by atoms with E-state index < -0.39 is 0 Å². The van der Waals surface area contributed by atoms with Gasteiger partial charge in [0.15, 0.2) is 0 Å². The first-order chi connectivity index (χ1) is 7.76. The minimum absolute atomic E-state index is 0.252. The number of hydrogen-bond acceptors (Lipinski definition) is 3. The molecule has 0 aliphatic heterocycles. The minimum atomic E-state index is 0.252. The van der Waals surface area contributed by atoms with Crippen LogP contribution in [-0.2, 0) is 22.6 Å². The lowest BCUT2D eigenvalue weighted by atomic mass is 10.3. The van der Waals surface area contributed by atoms with E-state index in [4.69, 9.17) is 9.47 Å². The normalized spacial score (nSPS) is 12.9. The fourth-order valence-corrected chi connectivity index (χ4v) is 1.49. The summed E-state index contributed by atoms with van der Waals surface area (Å²) in [6, 6.07) is 2.13. The third-order valence-electron chi connectivity index (χ3n) is 2.49. The van der Waals surface area contributed by atoms with Gasteiger partial charge in [-0.15, -0.1) is 0 Å². The van der Waals surface area contributed by atoms with Crippen LogP contribution in [0.3, 0.4) is 0 Å². The van der Waals surface area contributed by atoms with Crippen LogP contribution in [-0.4, -0.2) is 38.0 Å². The monoisotopic (exact) mass is 226 g/mol. The molecule has 4 heteroatoms. The van der Waals surface area contributed by atoms with Crippen molar-refractivity contribution in [3.05, 3.63) is 24.0 Å². The van der Waals surface area contributed by atoms with Crippen LogP contribution in [0.1, 0.15) is 12.5 Å². The second-order valence-electron chi connectivity index (χ2n) is 3.93. The van der Waals surface area contributed by atoms with Crippen molar-refractivity contribution in [2.75, 3.05) is 27.4 Å². The van der Waals surface area contributed by atoms with Gasteiger partial charge in [-0.1, -0.05) is 0 Å². The molecule has 0 bridgehead atoms. The quantitative estimate of drug-likeness (QED) is 0.678. The molecule has 0 aliphatic carbocycles. The summed E-state index contributed by atoms with van der Waals surface area (Å²) in [5.41, 5.74) is 1.29. The lowest BCUT2D eigenvalue weighted by molar-refractivity contribution is 0.103. The molecule has 92 valence electrons. The van der Waals surface area contributed by atoms with E-state index >= 15 is 0 Å². The summed E-state index contributed by atoms with van der Waals surface area (Å²) < 4.78 is 12.3. The summed E-state index contributed by atoms with van der Waals surface area (Å²) in [4.78, 5) is 0. The Labute approximate surface area is 97.5 Å². The molecule has 0 aliphatic rings. The van der Waals surface area contributed by atoms with Crippen LogP contribution in [0.25, 0.3) is 0 Å². The van der Waals surface area contributed by atoms with Gasteiger partial charge >= 0.3 is 0 Å². The van der Waals surface area contributed by atoms with Gasteiger partial charge in [0, 0.05) is 46.2 Å². The fourth-order valence-electron chi connectivity index (χ4n) is 1.49. The van der Waals surface area contributed by atoms with E-state index in [1.165, 1.54) is 5.56 Å². The molecule has 0 spiro atoms. The lowest BCUT2D eigenvalue weighted by Gasteiger charge is -2.09. The van der Waals surface area contributed by atoms with Crippen molar-refractivity contribution >= 4 is 0 Å². The molecule has 0 fully saturated rings. The van der Waals surface area contributed by atoms with Crippen molar-refractivity contribution in [2.45, 2.75) is 26.1 Å². The highest BCUT2D eigenvalue weighted by atomic mass is 16.5. The summed E-state index contributed by atoms with van der Waals surface area (Å²) in [5, 5.41) is 3.31. The molecule has 16 heavy (non-hydrogen) atoms. The van der Waals surface area contributed by atoms with Gasteiger partial charge in [0.05, 0.1) is 12.7 Å². The van der Waals surface area contributed by atoms with Crippen LogP contribution < -0.4 is 5.32 Å². The molecule has 1 aromatic heterocycles. The molecule has 0 radical (unpaired) electrons. The number of methoxy groups -OCH3 is 2. The van der Waals surface area contributed by atoms with Crippen molar-refractivity contribution in [2.24, 2.45) is 0 Å². The average Bonchev–Trinajstić information content (AvgIpc) is 2.72. The Bertz CT molecular complexity index is 286. The van der Waals surface area contributed by atoms with Crippen LogP contribution in [0.15, 0.2) is 18.5 Å². The van der Waals surface area contributed by atoms with Gasteiger partial charge in [-0.05, 0) is 18.6 Å². The summed E-state index contributed by atoms with van der Waals surface area (Å²) in [6.07, 6.45) is 4.49. The molecular formula is C12H22N2O2. The molecule has 1 heterocycles. The maximum Gasteiger partial charge on any atom is 0.0721 e. The van der Waals surface area contributed by atoms with Crippen molar-refractivity contribution in [3.63, 3.8) is 0 Å². The molecule has 1 rings (SSSR count). The van der Waals surface area contributed by atoms with Crippen LogP contribution >= 0.6 is 0 Å². The zero-order chi connectivity index (χ0) is 11.8. The van der Waals surface area contributed by atoms with Crippen LogP contribution in [0.4, 0.5) is 0 Å². The number of hydrogen-bond donors (Lipinski definition) is 1. The Hall–Kier alpha value is -0.840. The van der Waals surface area contributed by atoms with Crippen molar-refractivity contribution in [1.82, 2.24) is 9.88 Å². The maximum atomic E-state index is 5.22. The third kappa shape index (κ3) is 4.79. The van der Waals surface area contributed by atoms with E-state index in [-0.39, 0.29) is 6.10 Å². The summed E-state index contributed by atoms with van der Waals surface area (Å²) >= 11 is 0. The van der Waals surface area contributed by atoms with E-state index in [0.717, 1.165) is 26.2 Å². The van der Waals surface area contributed by atoms with Gasteiger partial charge < -0.3 is 19.4 Å². The molecule has 1 atom stereocenters. The number of aromatic nitrogens is 1. The second-order valence-corrected chi connectivity index (χ2v) is 3.93. The number of nitrogens with zero attached hydrogens (tertiary/aromatic N) is 1. The van der Waals surface area contributed by atoms with Crippen molar-refractivity contribution in [3.8, 4) is 0 Å². The Morgan fingerprint density at radius 3 is 2.94 bits per heavy atom. The fraction of sp³-hybridized carbons (Fsp3) is 0.667. The van der Waals surface area contributed by atoms with E-state index in [1.807, 2.05) is 0 Å².